The number of rotatable bonds is 3. The summed E-state index contributed by atoms with van der Waals surface area (Å²) < 4.78 is 5.38. The van der Waals surface area contributed by atoms with Crippen molar-refractivity contribution in [2.75, 3.05) is 0 Å². The second-order valence-corrected chi connectivity index (χ2v) is 5.96. The standard InChI is InChI=1S/C14H18N2O2/c15-6-9-3-4-10(18-9)14(17)16-13-11-7-1-2-8(5-7)12(11)13/h3-4,7-8,11-13H,1-2,5-6,15H2,(H,16,17). The monoisotopic (exact) mass is 246 g/mol. The van der Waals surface area contributed by atoms with Gasteiger partial charge in [0, 0.05) is 6.04 Å². The van der Waals surface area contributed by atoms with E-state index < -0.39 is 0 Å². The molecule has 96 valence electrons. The molecule has 3 fully saturated rings. The number of nitrogens with two attached hydrogens (primary N) is 1. The Morgan fingerprint density at radius 3 is 2.67 bits per heavy atom. The molecule has 1 amide bonds. The van der Waals surface area contributed by atoms with Gasteiger partial charge in [-0.25, -0.2) is 0 Å². The number of hydrogen-bond acceptors (Lipinski definition) is 3. The summed E-state index contributed by atoms with van der Waals surface area (Å²) in [5.74, 6) is 4.26. The minimum atomic E-state index is -0.0755. The first-order valence-electron chi connectivity index (χ1n) is 6.87. The lowest BCUT2D eigenvalue weighted by molar-refractivity contribution is 0.0914. The van der Waals surface area contributed by atoms with E-state index in [0.717, 1.165) is 23.7 Å². The van der Waals surface area contributed by atoms with Crippen molar-refractivity contribution in [3.8, 4) is 0 Å². The van der Waals surface area contributed by atoms with Gasteiger partial charge in [0.2, 0.25) is 0 Å². The van der Waals surface area contributed by atoms with Gasteiger partial charge in [-0.3, -0.25) is 4.79 Å². The lowest BCUT2D eigenvalue weighted by atomic mass is 10.0. The molecule has 0 radical (unpaired) electrons. The van der Waals surface area contributed by atoms with Crippen LogP contribution in [0.5, 0.6) is 0 Å². The van der Waals surface area contributed by atoms with Gasteiger partial charge in [0.05, 0.1) is 6.54 Å². The maximum atomic E-state index is 12.0. The first-order valence-corrected chi connectivity index (χ1v) is 6.87. The van der Waals surface area contributed by atoms with Crippen molar-refractivity contribution >= 4 is 5.91 Å². The lowest BCUT2D eigenvalue weighted by Crippen LogP contribution is -2.29. The van der Waals surface area contributed by atoms with Gasteiger partial charge in [-0.1, -0.05) is 0 Å². The molecule has 0 aromatic carbocycles. The zero-order valence-electron chi connectivity index (χ0n) is 10.3. The molecule has 3 N–H and O–H groups in total. The molecule has 3 aliphatic rings. The van der Waals surface area contributed by atoms with Crippen LogP contribution in [0, 0.1) is 23.7 Å². The molecule has 0 aliphatic heterocycles. The molecule has 0 spiro atoms. The third-order valence-corrected chi connectivity index (χ3v) is 5.12. The summed E-state index contributed by atoms with van der Waals surface area (Å²) in [5, 5.41) is 3.14. The highest BCUT2D eigenvalue weighted by Gasteiger charge is 2.65. The van der Waals surface area contributed by atoms with E-state index >= 15 is 0 Å². The summed E-state index contributed by atoms with van der Waals surface area (Å²) in [6, 6.07) is 3.89. The fourth-order valence-corrected chi connectivity index (χ4v) is 4.35. The van der Waals surface area contributed by atoms with Crippen molar-refractivity contribution in [1.29, 1.82) is 0 Å². The summed E-state index contributed by atoms with van der Waals surface area (Å²) in [7, 11) is 0. The van der Waals surface area contributed by atoms with E-state index in [1.807, 2.05) is 0 Å². The fourth-order valence-electron chi connectivity index (χ4n) is 4.35. The second-order valence-electron chi connectivity index (χ2n) is 5.96. The van der Waals surface area contributed by atoms with Crippen LogP contribution in [0.25, 0.3) is 0 Å². The average Bonchev–Trinajstić information content (AvgIpc) is 2.87. The molecule has 1 heterocycles. The topological polar surface area (TPSA) is 68.3 Å². The Hall–Kier alpha value is -1.29. The second kappa shape index (κ2) is 3.60. The maximum Gasteiger partial charge on any atom is 0.287 e. The van der Waals surface area contributed by atoms with Crippen molar-refractivity contribution in [1.82, 2.24) is 5.32 Å². The molecule has 4 rings (SSSR count). The number of carbonyl (C=O) groups is 1. The zero-order chi connectivity index (χ0) is 12.3. The molecule has 4 heteroatoms. The Bertz CT molecular complexity index is 480. The van der Waals surface area contributed by atoms with Crippen LogP contribution in [-0.4, -0.2) is 11.9 Å². The predicted molar refractivity (Wildman–Crippen MR) is 65.7 cm³/mol. The van der Waals surface area contributed by atoms with Crippen LogP contribution in [-0.2, 0) is 6.54 Å². The van der Waals surface area contributed by atoms with E-state index in [0.29, 0.717) is 24.1 Å². The van der Waals surface area contributed by atoms with Crippen LogP contribution in [0.15, 0.2) is 16.5 Å². The van der Waals surface area contributed by atoms with Crippen molar-refractivity contribution < 1.29 is 9.21 Å². The SMILES string of the molecule is NCc1ccc(C(=O)NC2C3C4CCC(C4)C23)o1. The minimum Gasteiger partial charge on any atom is -0.455 e. The number of amides is 1. The molecule has 3 saturated carbocycles. The molecular weight excluding hydrogens is 228 g/mol. The predicted octanol–water partition coefficient (Wildman–Crippen LogP) is 1.51. The van der Waals surface area contributed by atoms with E-state index in [-0.39, 0.29) is 5.91 Å². The molecule has 4 atom stereocenters. The van der Waals surface area contributed by atoms with Gasteiger partial charge in [-0.2, -0.15) is 0 Å². The maximum absolute atomic E-state index is 12.0. The van der Waals surface area contributed by atoms with E-state index in [2.05, 4.69) is 5.32 Å². The molecule has 2 bridgehead atoms. The summed E-state index contributed by atoms with van der Waals surface area (Å²) in [6.07, 6.45) is 4.15. The van der Waals surface area contributed by atoms with Gasteiger partial charge < -0.3 is 15.5 Å². The molecule has 1 aromatic heterocycles. The van der Waals surface area contributed by atoms with Crippen molar-refractivity contribution in [3.63, 3.8) is 0 Å². The molecule has 3 aliphatic carbocycles. The largest absolute Gasteiger partial charge is 0.455 e. The summed E-state index contributed by atoms with van der Waals surface area (Å²) >= 11 is 0. The van der Waals surface area contributed by atoms with Crippen molar-refractivity contribution in [3.05, 3.63) is 23.7 Å². The number of furan rings is 1. The highest BCUT2D eigenvalue weighted by atomic mass is 16.4. The summed E-state index contributed by atoms with van der Waals surface area (Å²) in [5.41, 5.74) is 5.47. The first kappa shape index (κ1) is 10.6. The third kappa shape index (κ3) is 1.38. The Balaban J connectivity index is 1.43. The fraction of sp³-hybridized carbons (Fsp3) is 0.643. The van der Waals surface area contributed by atoms with Gasteiger partial charge in [0.15, 0.2) is 5.76 Å². The van der Waals surface area contributed by atoms with Crippen LogP contribution >= 0.6 is 0 Å². The number of nitrogens with one attached hydrogen (secondary N) is 1. The van der Waals surface area contributed by atoms with Gasteiger partial charge in [-0.15, -0.1) is 0 Å². The number of hydrogen-bond donors (Lipinski definition) is 2. The van der Waals surface area contributed by atoms with Crippen LogP contribution in [0.3, 0.4) is 0 Å². The Morgan fingerprint density at radius 2 is 2.06 bits per heavy atom. The molecule has 0 saturated heterocycles. The van der Waals surface area contributed by atoms with E-state index in [1.165, 1.54) is 19.3 Å². The Morgan fingerprint density at radius 1 is 1.33 bits per heavy atom. The van der Waals surface area contributed by atoms with Crippen LogP contribution < -0.4 is 11.1 Å². The Kier molecular flexibility index (Phi) is 2.13. The van der Waals surface area contributed by atoms with Crippen LogP contribution in [0.4, 0.5) is 0 Å². The third-order valence-electron chi connectivity index (χ3n) is 5.12. The Labute approximate surface area is 106 Å². The smallest absolute Gasteiger partial charge is 0.287 e. The quantitative estimate of drug-likeness (QED) is 0.849. The highest BCUT2D eigenvalue weighted by molar-refractivity contribution is 5.92. The summed E-state index contributed by atoms with van der Waals surface area (Å²) in [6.45, 7) is 0.339. The van der Waals surface area contributed by atoms with E-state index in [1.54, 1.807) is 12.1 Å². The molecule has 4 nitrogen and oxygen atoms in total. The van der Waals surface area contributed by atoms with E-state index in [9.17, 15) is 4.79 Å². The zero-order valence-corrected chi connectivity index (χ0v) is 10.3. The van der Waals surface area contributed by atoms with Gasteiger partial charge in [-0.05, 0) is 55.1 Å². The van der Waals surface area contributed by atoms with Crippen LogP contribution in [0.2, 0.25) is 0 Å². The molecule has 4 unspecified atom stereocenters. The highest BCUT2D eigenvalue weighted by Crippen LogP contribution is 2.65. The van der Waals surface area contributed by atoms with Crippen molar-refractivity contribution in [2.24, 2.45) is 29.4 Å². The van der Waals surface area contributed by atoms with Gasteiger partial charge >= 0.3 is 0 Å². The van der Waals surface area contributed by atoms with Crippen LogP contribution in [0.1, 0.15) is 35.6 Å². The van der Waals surface area contributed by atoms with Gasteiger partial charge in [0.25, 0.3) is 5.91 Å². The number of fused-ring (bicyclic) bond motifs is 5. The number of carbonyl (C=O) groups excluding carboxylic acids is 1. The average molecular weight is 246 g/mol. The lowest BCUT2D eigenvalue weighted by Gasteiger charge is -2.09. The first-order chi connectivity index (χ1) is 8.78. The van der Waals surface area contributed by atoms with Gasteiger partial charge in [0.1, 0.15) is 5.76 Å². The molecule has 18 heavy (non-hydrogen) atoms. The summed E-state index contributed by atoms with van der Waals surface area (Å²) in [4.78, 5) is 12.0. The normalized spacial score (nSPS) is 39.7. The molecular formula is C14H18N2O2. The molecule has 1 aromatic rings. The van der Waals surface area contributed by atoms with Crippen molar-refractivity contribution in [2.45, 2.75) is 31.8 Å². The van der Waals surface area contributed by atoms with E-state index in [4.69, 9.17) is 10.2 Å². The minimum absolute atomic E-state index is 0.0755.